The predicted octanol–water partition coefficient (Wildman–Crippen LogP) is 4.65. The van der Waals surface area contributed by atoms with Crippen LogP contribution in [0, 0.1) is 0 Å². The summed E-state index contributed by atoms with van der Waals surface area (Å²) in [7, 11) is -3.77. The molecule has 1 aromatic heterocycles. The lowest BCUT2D eigenvalue weighted by molar-refractivity contribution is 1.34. The Labute approximate surface area is 210 Å². The SMILES string of the molecule is C[Si](C)(C)c1ccc(-c2ccc3c(c2)-c2ccccc2[Si]3(c2ccccc2)c2ccccc2)nc1. The molecule has 0 spiro atoms. The molecule has 0 saturated heterocycles. The van der Waals surface area contributed by atoms with Crippen molar-refractivity contribution in [1.29, 1.82) is 0 Å². The average Bonchev–Trinajstić information content (AvgIpc) is 3.20. The largest absolute Gasteiger partial charge is 0.256 e. The quantitative estimate of drug-likeness (QED) is 0.333. The van der Waals surface area contributed by atoms with Gasteiger partial charge in [0.25, 0.3) is 0 Å². The third-order valence-corrected chi connectivity index (χ3v) is 14.3. The van der Waals surface area contributed by atoms with Crippen molar-refractivity contribution in [3.8, 4) is 22.4 Å². The molecular formula is C32H29NSi2. The topological polar surface area (TPSA) is 12.9 Å². The first-order valence-corrected chi connectivity index (χ1v) is 17.8. The first-order valence-electron chi connectivity index (χ1n) is 12.3. The van der Waals surface area contributed by atoms with Gasteiger partial charge in [-0.3, -0.25) is 4.98 Å². The predicted molar refractivity (Wildman–Crippen MR) is 155 cm³/mol. The Hall–Kier alpha value is -3.54. The molecule has 0 bridgehead atoms. The van der Waals surface area contributed by atoms with Crippen LogP contribution in [0.3, 0.4) is 0 Å². The van der Waals surface area contributed by atoms with Crippen LogP contribution in [-0.4, -0.2) is 21.1 Å². The number of aromatic nitrogens is 1. The number of hydrogen-bond donors (Lipinski definition) is 0. The molecule has 1 nitrogen and oxygen atoms in total. The van der Waals surface area contributed by atoms with Gasteiger partial charge in [0, 0.05) is 11.8 Å². The first-order chi connectivity index (χ1) is 17.0. The van der Waals surface area contributed by atoms with E-state index in [-0.39, 0.29) is 0 Å². The van der Waals surface area contributed by atoms with Crippen LogP contribution in [0.25, 0.3) is 22.4 Å². The molecule has 0 unspecified atom stereocenters. The van der Waals surface area contributed by atoms with Crippen LogP contribution in [0.1, 0.15) is 0 Å². The molecular weight excluding hydrogens is 455 g/mol. The molecule has 2 heterocycles. The normalized spacial score (nSPS) is 13.8. The summed E-state index contributed by atoms with van der Waals surface area (Å²) < 4.78 is 0. The van der Waals surface area contributed by atoms with Crippen molar-refractivity contribution in [1.82, 2.24) is 4.98 Å². The van der Waals surface area contributed by atoms with Crippen molar-refractivity contribution in [2.24, 2.45) is 0 Å². The third-order valence-electron chi connectivity index (χ3n) is 7.38. The van der Waals surface area contributed by atoms with E-state index in [4.69, 9.17) is 4.98 Å². The molecule has 170 valence electrons. The molecule has 6 rings (SSSR count). The lowest BCUT2D eigenvalue weighted by Gasteiger charge is -2.31. The number of rotatable bonds is 4. The van der Waals surface area contributed by atoms with E-state index in [1.807, 2.05) is 0 Å². The van der Waals surface area contributed by atoms with Crippen LogP contribution >= 0.6 is 0 Å². The van der Waals surface area contributed by atoms with Gasteiger partial charge in [0.1, 0.15) is 0 Å². The number of fused-ring (bicyclic) bond motifs is 3. The fraction of sp³-hybridized carbons (Fsp3) is 0.0938. The summed E-state index contributed by atoms with van der Waals surface area (Å²) in [4.78, 5) is 4.90. The minimum Gasteiger partial charge on any atom is -0.256 e. The van der Waals surface area contributed by atoms with Crippen molar-refractivity contribution < 1.29 is 0 Å². The molecule has 35 heavy (non-hydrogen) atoms. The Bertz CT molecular complexity index is 1460. The van der Waals surface area contributed by atoms with Crippen molar-refractivity contribution in [2.75, 3.05) is 0 Å². The molecule has 0 saturated carbocycles. The van der Waals surface area contributed by atoms with E-state index < -0.39 is 16.1 Å². The van der Waals surface area contributed by atoms with Gasteiger partial charge in [-0.25, -0.2) is 0 Å². The van der Waals surface area contributed by atoms with Gasteiger partial charge in [-0.15, -0.1) is 0 Å². The van der Waals surface area contributed by atoms with E-state index in [2.05, 4.69) is 141 Å². The highest BCUT2D eigenvalue weighted by Gasteiger charge is 2.48. The maximum atomic E-state index is 4.90. The van der Waals surface area contributed by atoms with Gasteiger partial charge in [0.15, 0.2) is 8.07 Å². The second-order valence-electron chi connectivity index (χ2n) is 10.5. The van der Waals surface area contributed by atoms with Gasteiger partial charge in [0.05, 0.1) is 13.8 Å². The van der Waals surface area contributed by atoms with Crippen molar-refractivity contribution in [2.45, 2.75) is 19.6 Å². The van der Waals surface area contributed by atoms with Crippen LogP contribution in [0.5, 0.6) is 0 Å². The lowest BCUT2D eigenvalue weighted by atomic mass is 10.0. The molecule has 0 aliphatic carbocycles. The average molecular weight is 484 g/mol. The van der Waals surface area contributed by atoms with Gasteiger partial charge in [-0.1, -0.05) is 123 Å². The monoisotopic (exact) mass is 483 g/mol. The summed E-state index contributed by atoms with van der Waals surface area (Å²) in [5.74, 6) is 0. The van der Waals surface area contributed by atoms with E-state index in [1.165, 1.54) is 42.6 Å². The van der Waals surface area contributed by atoms with Crippen LogP contribution in [0.15, 0.2) is 121 Å². The van der Waals surface area contributed by atoms with Crippen molar-refractivity contribution >= 4 is 42.1 Å². The fourth-order valence-corrected chi connectivity index (χ4v) is 11.8. The summed E-state index contributed by atoms with van der Waals surface area (Å²) in [6.45, 7) is 7.11. The first kappa shape index (κ1) is 22.0. The second kappa shape index (κ2) is 8.30. The highest BCUT2D eigenvalue weighted by atomic mass is 28.3. The Kier molecular flexibility index (Phi) is 5.20. The fourth-order valence-electron chi connectivity index (χ4n) is 5.62. The molecule has 1 aliphatic heterocycles. The third kappa shape index (κ3) is 3.46. The maximum Gasteiger partial charge on any atom is 0.180 e. The summed E-state index contributed by atoms with van der Waals surface area (Å²) in [6.07, 6.45) is 2.09. The second-order valence-corrected chi connectivity index (χ2v) is 19.3. The highest BCUT2D eigenvalue weighted by molar-refractivity contribution is 7.22. The van der Waals surface area contributed by atoms with E-state index in [0.717, 1.165) is 5.69 Å². The number of hydrogen-bond acceptors (Lipinski definition) is 1. The minimum absolute atomic E-state index is 1.05. The zero-order valence-corrected chi connectivity index (χ0v) is 22.5. The van der Waals surface area contributed by atoms with Gasteiger partial charge in [-0.2, -0.15) is 0 Å². The molecule has 1 aliphatic rings. The summed E-state index contributed by atoms with van der Waals surface area (Å²) in [5.41, 5.74) is 4.95. The van der Waals surface area contributed by atoms with Gasteiger partial charge in [0.2, 0.25) is 0 Å². The highest BCUT2D eigenvalue weighted by Crippen LogP contribution is 2.31. The van der Waals surface area contributed by atoms with Crippen LogP contribution in [0.4, 0.5) is 0 Å². The van der Waals surface area contributed by atoms with E-state index >= 15 is 0 Å². The number of pyridine rings is 1. The number of benzene rings is 4. The van der Waals surface area contributed by atoms with Gasteiger partial charge >= 0.3 is 0 Å². The number of nitrogens with zero attached hydrogens (tertiary/aromatic N) is 1. The zero-order valence-electron chi connectivity index (χ0n) is 20.5. The molecule has 0 atom stereocenters. The maximum absolute atomic E-state index is 4.90. The Morgan fingerprint density at radius 3 is 1.77 bits per heavy atom. The molecule has 3 heteroatoms. The summed E-state index contributed by atoms with van der Waals surface area (Å²) >= 11 is 0. The van der Waals surface area contributed by atoms with E-state index in [9.17, 15) is 0 Å². The van der Waals surface area contributed by atoms with Crippen LogP contribution in [-0.2, 0) is 0 Å². The summed E-state index contributed by atoms with van der Waals surface area (Å²) in [5, 5.41) is 7.21. The molecule has 0 radical (unpaired) electrons. The molecule has 0 fully saturated rings. The van der Waals surface area contributed by atoms with Crippen LogP contribution in [0.2, 0.25) is 19.6 Å². The molecule has 5 aromatic rings. The van der Waals surface area contributed by atoms with Crippen molar-refractivity contribution in [3.05, 3.63) is 121 Å². The molecule has 0 amide bonds. The molecule has 0 N–H and O–H groups in total. The standard InChI is InChI=1S/C32H29NSi2/c1-34(2,3)27-19-20-30(33-23-27)24-18-21-32-29(22-24)28-16-10-11-17-31(28)35(32,25-12-6-4-7-13-25)26-14-8-5-9-15-26/h4-23H,1-3H3. The Morgan fingerprint density at radius 2 is 1.17 bits per heavy atom. The Morgan fingerprint density at radius 1 is 0.571 bits per heavy atom. The lowest BCUT2D eigenvalue weighted by Crippen LogP contribution is -2.72. The minimum atomic E-state index is -2.40. The van der Waals surface area contributed by atoms with E-state index in [1.54, 1.807) is 0 Å². The Balaban J connectivity index is 1.61. The van der Waals surface area contributed by atoms with Gasteiger partial charge < -0.3 is 0 Å². The van der Waals surface area contributed by atoms with E-state index in [0.29, 0.717) is 0 Å². The zero-order chi connectivity index (χ0) is 24.0. The van der Waals surface area contributed by atoms with Crippen LogP contribution < -0.4 is 25.9 Å². The summed E-state index contributed by atoms with van der Waals surface area (Å²) in [6, 6.07) is 42.9. The molecule has 4 aromatic carbocycles. The van der Waals surface area contributed by atoms with Gasteiger partial charge in [-0.05, 0) is 49.2 Å². The van der Waals surface area contributed by atoms with Crippen molar-refractivity contribution in [3.63, 3.8) is 0 Å². The smallest absolute Gasteiger partial charge is 0.180 e.